The molecule has 0 saturated carbocycles. The Bertz CT molecular complexity index is 5360. The average Bonchev–Trinajstić information content (AvgIpc) is 1.63. The maximum absolute atomic E-state index is 8.88. The second-order valence-corrected chi connectivity index (χ2v) is 41.1. The SMILES string of the molecule is C[N+]1(C)CCN(C2=Nc3ccccc3Nc3ccc(Cl)cc32)CC1.C[N+]1(C)CCN(C2=Nc3ccccc3Oc3ccc(Cl)cc32)CC1.C[N+]1(C)CCN(C2=Nc3ccccc3Sc3ccc(Cl)cc32)CC1.C[N+]1(CCOCCO)CCN(C2=Nc3ccccc3Sc3ccc(Cl)cc32)CC1.Cc1cc2c(s1)Nc1ccccc1N=C2N1CC[N+](C)(C)CC1. The van der Waals surface area contributed by atoms with Crippen LogP contribution in [0.25, 0.3) is 0 Å². The highest BCUT2D eigenvalue weighted by Gasteiger charge is 2.37. The van der Waals surface area contributed by atoms with E-state index in [2.05, 4.69) is 209 Å². The number of nitrogens with zero attached hydrogens (tertiary/aromatic N) is 15. The van der Waals surface area contributed by atoms with Crippen molar-refractivity contribution in [3.63, 3.8) is 0 Å². The summed E-state index contributed by atoms with van der Waals surface area (Å²) in [4.78, 5) is 43.3. The van der Waals surface area contributed by atoms with E-state index in [4.69, 9.17) is 85.9 Å². The van der Waals surface area contributed by atoms with E-state index in [0.29, 0.717) is 18.2 Å². The molecule has 0 spiro atoms. The highest BCUT2D eigenvalue weighted by molar-refractivity contribution is 8.00. The summed E-state index contributed by atoms with van der Waals surface area (Å²) in [6, 6.07) is 67.3. The van der Waals surface area contributed by atoms with E-state index in [1.165, 1.54) is 35.0 Å². The van der Waals surface area contributed by atoms with Crippen molar-refractivity contribution in [1.82, 2.24) is 24.5 Å². The van der Waals surface area contributed by atoms with E-state index in [1.54, 1.807) is 23.5 Å². The zero-order valence-electron chi connectivity index (χ0n) is 72.7. The molecule has 0 amide bonds. The first kappa shape index (κ1) is 88.4. The average molecular weight is 1800 g/mol. The number of ether oxygens (including phenoxy) is 2. The van der Waals surface area contributed by atoms with Gasteiger partial charge in [-0.1, -0.05) is 131 Å². The largest absolute Gasteiger partial charge is 0.454 e. The molecule has 0 aliphatic carbocycles. The minimum atomic E-state index is 0.0821. The van der Waals surface area contributed by atoms with Gasteiger partial charge in [0.1, 0.15) is 52.2 Å². The van der Waals surface area contributed by atoms with Crippen LogP contribution in [0.3, 0.4) is 0 Å². The highest BCUT2D eigenvalue weighted by atomic mass is 35.5. The number of hydrogen-bond donors (Lipinski definition) is 3. The number of benzene rings is 9. The third kappa shape index (κ3) is 21.5. The van der Waals surface area contributed by atoms with Crippen LogP contribution >= 0.6 is 81.3 Å². The minimum Gasteiger partial charge on any atom is -0.454 e. The van der Waals surface area contributed by atoms with Gasteiger partial charge in [0.25, 0.3) is 0 Å². The van der Waals surface area contributed by atoms with Crippen LogP contribution in [-0.2, 0) is 4.74 Å². The molecule has 10 aliphatic heterocycles. The molecule has 20 nitrogen and oxygen atoms in total. The van der Waals surface area contributed by atoms with E-state index in [-0.39, 0.29) is 6.61 Å². The smallest absolute Gasteiger partial charge is 0.153 e. The van der Waals surface area contributed by atoms with Gasteiger partial charge in [-0.25, -0.2) is 25.0 Å². The van der Waals surface area contributed by atoms with Gasteiger partial charge in [0, 0.05) is 66.9 Å². The number of aliphatic imine (C=N–C) groups is 5. The number of para-hydroxylation sites is 8. The van der Waals surface area contributed by atoms with Gasteiger partial charge in [0.2, 0.25) is 0 Å². The molecule has 5 saturated heterocycles. The number of likely N-dealkylation sites (N-methyl/N-ethyl adjacent to an activating group) is 5. The lowest BCUT2D eigenvalue weighted by atomic mass is 10.1. The molecule has 11 heterocycles. The van der Waals surface area contributed by atoms with E-state index in [9.17, 15) is 0 Å². The lowest BCUT2D eigenvalue weighted by Crippen LogP contribution is -2.59. The van der Waals surface area contributed by atoms with E-state index in [0.717, 1.165) is 283 Å². The van der Waals surface area contributed by atoms with Gasteiger partial charge >= 0.3 is 0 Å². The van der Waals surface area contributed by atoms with Crippen molar-refractivity contribution in [1.29, 1.82) is 0 Å². The second kappa shape index (κ2) is 38.3. The summed E-state index contributed by atoms with van der Waals surface area (Å²) in [6.07, 6.45) is 0. The number of fused-ring (bicyclic) bond motifs is 10. The fourth-order valence-corrected chi connectivity index (χ4v) is 20.2. The quantitative estimate of drug-likeness (QED) is 0.112. The fraction of sp³-hybridized carbons (Fsp3) is 0.351. The number of nitrogens with one attached hydrogen (secondary N) is 2. The maximum atomic E-state index is 8.88. The van der Waals surface area contributed by atoms with Crippen molar-refractivity contribution < 1.29 is 37.0 Å². The van der Waals surface area contributed by atoms with Crippen molar-refractivity contribution in [3.05, 3.63) is 253 Å². The first-order valence-electron chi connectivity index (χ1n) is 43.0. The molecule has 9 aromatic carbocycles. The summed E-state index contributed by atoms with van der Waals surface area (Å²) in [5.74, 6) is 6.77. The number of aliphatic hydroxyl groups is 1. The Kier molecular flexibility index (Phi) is 27.3. The standard InChI is InChI=1S/C22H27ClN3O2S.C19H22ClN4.C19H21ClN3O.C19H21ClN3S.C18H23N4S/c1-26(12-14-28-15-13-27)10-8-25(9-11-26)22-18-16-17(23)6-7-20(18)29-21-5-3-2-4-19(21)24-22;1-24(2)11-9-23(10-12-24)19-15-13-14(20)7-8-16(15)21-17-5-3-4-6-18(17)22-19;2*1-23(2)11-9-22(10-12-23)19-15-13-14(20)7-8-17(15)24-18-6-4-3-5-16(18)21-19;1-13-12-14-17(21-8-10-22(2,3)11-9-21)19-15-6-4-5-7-16(15)20-18(14)23-13/h2-7,16,27H,8-15H2,1H3;3-8,13,21H,9-12H2,1-2H3;2*3-8,13H,9-12H2,1-2H3;4-7,12,20H,8-11H2,1-3H3/q5*+1. The Morgan fingerprint density at radius 3 is 1.20 bits per heavy atom. The summed E-state index contributed by atoms with van der Waals surface area (Å²) < 4.78 is 16.8. The summed E-state index contributed by atoms with van der Waals surface area (Å²) in [5.41, 5.74) is 13.7. The number of piperazine rings is 5. The predicted molar refractivity (Wildman–Crippen MR) is 517 cm³/mol. The Hall–Kier alpha value is -8.99. The molecule has 27 heteroatoms. The van der Waals surface area contributed by atoms with Crippen LogP contribution in [0.5, 0.6) is 11.5 Å². The summed E-state index contributed by atoms with van der Waals surface area (Å²) >= 11 is 30.5. The van der Waals surface area contributed by atoms with Crippen molar-refractivity contribution in [2.75, 3.05) is 231 Å². The van der Waals surface area contributed by atoms with Gasteiger partial charge in [-0.05, 0) is 146 Å². The Morgan fingerprint density at radius 2 is 0.718 bits per heavy atom. The fourth-order valence-electron chi connectivity index (χ4n) is 16.6. The van der Waals surface area contributed by atoms with Crippen LogP contribution in [0.4, 0.5) is 50.5 Å². The minimum absolute atomic E-state index is 0.0821. The summed E-state index contributed by atoms with van der Waals surface area (Å²) in [5, 5.41) is 20.1. The van der Waals surface area contributed by atoms with Crippen molar-refractivity contribution in [2.45, 2.75) is 26.5 Å². The van der Waals surface area contributed by atoms with E-state index >= 15 is 0 Å². The molecule has 10 aromatic rings. The zero-order valence-corrected chi connectivity index (χ0v) is 78.2. The Labute approximate surface area is 763 Å². The first-order chi connectivity index (χ1) is 59.6. The van der Waals surface area contributed by atoms with Gasteiger partial charge in [0.15, 0.2) is 5.75 Å². The van der Waals surface area contributed by atoms with Crippen LogP contribution in [0.2, 0.25) is 20.1 Å². The number of hydrogen-bond acceptors (Lipinski definition) is 18. The lowest BCUT2D eigenvalue weighted by Gasteiger charge is -2.43. The molecule has 0 atom stereocenters. The topological polar surface area (TPSA) is 141 Å². The van der Waals surface area contributed by atoms with Crippen LogP contribution in [0.15, 0.2) is 245 Å². The first-order valence-corrected chi connectivity index (χ1v) is 46.9. The molecule has 5 fully saturated rings. The number of thiophene rings is 1. The van der Waals surface area contributed by atoms with Crippen LogP contribution < -0.4 is 15.4 Å². The number of rotatable bonds is 5. The summed E-state index contributed by atoms with van der Waals surface area (Å²) in [7, 11) is 20.6. The van der Waals surface area contributed by atoms with Crippen LogP contribution in [0.1, 0.15) is 32.7 Å². The molecule has 124 heavy (non-hydrogen) atoms. The molecule has 20 rings (SSSR count). The zero-order chi connectivity index (χ0) is 86.5. The molecule has 0 unspecified atom stereocenters. The highest BCUT2D eigenvalue weighted by Crippen LogP contribution is 2.46. The molecule has 1 aromatic heterocycles. The molecular formula is C97H114Cl4N17O3S3+5. The number of aliphatic hydroxyl groups excluding tert-OH is 1. The number of anilines is 4. The maximum Gasteiger partial charge on any atom is 0.153 e. The van der Waals surface area contributed by atoms with Crippen LogP contribution in [0, 0.1) is 6.92 Å². The Morgan fingerprint density at radius 1 is 0.355 bits per heavy atom. The number of quaternary nitrogens is 5. The summed E-state index contributed by atoms with van der Waals surface area (Å²) in [6.45, 7) is 25.3. The predicted octanol–water partition coefficient (Wildman–Crippen LogP) is 19.3. The van der Waals surface area contributed by atoms with Crippen LogP contribution in [-0.4, -0.2) is 302 Å². The molecule has 0 radical (unpaired) electrons. The lowest BCUT2D eigenvalue weighted by molar-refractivity contribution is -0.913. The van der Waals surface area contributed by atoms with E-state index in [1.807, 2.05) is 108 Å². The number of amidine groups is 5. The van der Waals surface area contributed by atoms with Gasteiger partial charge < -0.3 is 72.1 Å². The second-order valence-electron chi connectivity index (χ2n) is 36.0. The van der Waals surface area contributed by atoms with Crippen molar-refractivity contribution in [3.8, 4) is 11.5 Å². The Balaban J connectivity index is 0.000000115. The monoisotopic (exact) mass is 1800 g/mol. The van der Waals surface area contributed by atoms with Gasteiger partial charge in [-0.15, -0.1) is 11.3 Å². The molecule has 10 aliphatic rings. The van der Waals surface area contributed by atoms with Gasteiger partial charge in [0.05, 0.1) is 259 Å². The van der Waals surface area contributed by atoms with Crippen molar-refractivity contribution >= 4 is 161 Å². The molecule has 3 N–H and O–H groups in total. The number of halogens is 4. The third-order valence-electron chi connectivity index (χ3n) is 24.7. The molecule has 0 bridgehead atoms. The van der Waals surface area contributed by atoms with Crippen molar-refractivity contribution in [2.24, 2.45) is 25.0 Å². The number of aryl methyl sites for hydroxylation is 1. The molecular weight excluding hydrogens is 1690 g/mol. The third-order valence-corrected chi connectivity index (χ3v) is 28.9. The van der Waals surface area contributed by atoms with E-state index < -0.39 is 0 Å². The molecule has 646 valence electrons. The van der Waals surface area contributed by atoms with Gasteiger partial charge in [-0.2, -0.15) is 0 Å². The normalized spacial score (nSPS) is 18.7. The van der Waals surface area contributed by atoms with Gasteiger partial charge in [-0.3, -0.25) is 0 Å².